The topological polar surface area (TPSA) is 105 Å². The maximum Gasteiger partial charge on any atom is 0.339 e. The van der Waals surface area contributed by atoms with Crippen LogP contribution in [0.15, 0.2) is 47.4 Å². The lowest BCUT2D eigenvalue weighted by molar-refractivity contribution is 0.1000. The summed E-state index contributed by atoms with van der Waals surface area (Å²) in [5, 5.41) is 0. The molecule has 1 aliphatic rings. The van der Waals surface area contributed by atoms with Crippen molar-refractivity contribution in [2.45, 2.75) is 11.3 Å². The van der Waals surface area contributed by atoms with Gasteiger partial charge in [-0.2, -0.15) is 8.42 Å². The molecule has 7 nitrogen and oxygen atoms in total. The van der Waals surface area contributed by atoms with E-state index in [0.29, 0.717) is 31.1 Å². The summed E-state index contributed by atoms with van der Waals surface area (Å²) in [6, 6.07) is 9.90. The van der Waals surface area contributed by atoms with Gasteiger partial charge < -0.3 is 19.4 Å². The van der Waals surface area contributed by atoms with Crippen LogP contribution in [-0.2, 0) is 10.1 Å². The molecule has 0 spiro atoms. The number of ether oxygens (including phenoxy) is 2. The number of hydrogen-bond donors (Lipinski definition) is 1. The molecule has 0 aromatic heterocycles. The van der Waals surface area contributed by atoms with Crippen LogP contribution in [0.2, 0.25) is 0 Å². The van der Waals surface area contributed by atoms with E-state index in [1.165, 1.54) is 42.5 Å². The van der Waals surface area contributed by atoms with E-state index in [-0.39, 0.29) is 16.2 Å². The van der Waals surface area contributed by atoms with Crippen LogP contribution in [0.5, 0.6) is 17.2 Å². The quantitative estimate of drug-likeness (QED) is 0.843. The average Bonchev–Trinajstić information content (AvgIpc) is 2.79. The molecule has 2 N–H and O–H groups in total. The second-order valence-corrected chi connectivity index (χ2v) is 6.63. The Balaban J connectivity index is 1.89. The first-order valence-corrected chi connectivity index (χ1v) is 8.60. The minimum absolute atomic E-state index is 0.00147. The van der Waals surface area contributed by atoms with Gasteiger partial charge in [-0.05, 0) is 30.3 Å². The third kappa shape index (κ3) is 3.43. The lowest BCUT2D eigenvalue weighted by Gasteiger charge is -2.11. The fraction of sp³-hybridized carbons (Fsp3) is 0.188. The maximum absolute atomic E-state index is 12.4. The van der Waals surface area contributed by atoms with Gasteiger partial charge in [0.25, 0.3) is 0 Å². The van der Waals surface area contributed by atoms with Crippen LogP contribution in [0.3, 0.4) is 0 Å². The third-order valence-corrected chi connectivity index (χ3v) is 4.58. The van der Waals surface area contributed by atoms with Gasteiger partial charge in [0.2, 0.25) is 5.91 Å². The number of hydrogen-bond acceptors (Lipinski definition) is 6. The van der Waals surface area contributed by atoms with Crippen molar-refractivity contribution < 1.29 is 26.9 Å². The van der Waals surface area contributed by atoms with E-state index in [2.05, 4.69) is 0 Å². The first kappa shape index (κ1) is 16.1. The van der Waals surface area contributed by atoms with E-state index in [0.717, 1.165) is 0 Å². The van der Waals surface area contributed by atoms with Crippen molar-refractivity contribution >= 4 is 16.0 Å². The SMILES string of the molecule is NC(=O)c1cccc(OS(=O)(=O)c2ccc3c(c2)OCCCO3)c1. The number of carbonyl (C=O) groups is 1. The van der Waals surface area contributed by atoms with Crippen molar-refractivity contribution in [1.29, 1.82) is 0 Å². The molecule has 2 aromatic rings. The van der Waals surface area contributed by atoms with Crippen LogP contribution >= 0.6 is 0 Å². The first-order chi connectivity index (χ1) is 11.5. The molecule has 1 heterocycles. The van der Waals surface area contributed by atoms with Crippen LogP contribution in [0.4, 0.5) is 0 Å². The van der Waals surface area contributed by atoms with Crippen molar-refractivity contribution in [2.75, 3.05) is 13.2 Å². The van der Waals surface area contributed by atoms with E-state index in [9.17, 15) is 13.2 Å². The largest absolute Gasteiger partial charge is 0.490 e. The second-order valence-electron chi connectivity index (χ2n) is 5.09. The van der Waals surface area contributed by atoms with E-state index in [4.69, 9.17) is 19.4 Å². The normalized spacial score (nSPS) is 13.8. The lowest BCUT2D eigenvalue weighted by Crippen LogP contribution is -2.13. The Morgan fingerprint density at radius 3 is 2.54 bits per heavy atom. The highest BCUT2D eigenvalue weighted by molar-refractivity contribution is 7.87. The van der Waals surface area contributed by atoms with Gasteiger partial charge in [-0.25, -0.2) is 0 Å². The van der Waals surface area contributed by atoms with Crippen molar-refractivity contribution in [3.63, 3.8) is 0 Å². The summed E-state index contributed by atoms with van der Waals surface area (Å²) >= 11 is 0. The number of amides is 1. The lowest BCUT2D eigenvalue weighted by atomic mass is 10.2. The van der Waals surface area contributed by atoms with Gasteiger partial charge in [0.15, 0.2) is 11.5 Å². The number of rotatable bonds is 4. The molecule has 0 atom stereocenters. The van der Waals surface area contributed by atoms with E-state index < -0.39 is 16.0 Å². The molecule has 0 bridgehead atoms. The standard InChI is InChI=1S/C16H15NO6S/c17-16(18)11-3-1-4-12(9-11)23-24(19,20)13-5-6-14-15(10-13)22-8-2-7-21-14/h1,3-6,9-10H,2,7-8H2,(H2,17,18). The molecule has 0 radical (unpaired) electrons. The zero-order valence-corrected chi connectivity index (χ0v) is 13.4. The van der Waals surface area contributed by atoms with Crippen LogP contribution in [-0.4, -0.2) is 27.5 Å². The van der Waals surface area contributed by atoms with Crippen molar-refractivity contribution in [3.8, 4) is 17.2 Å². The highest BCUT2D eigenvalue weighted by Gasteiger charge is 2.21. The average molecular weight is 349 g/mol. The molecule has 0 aliphatic carbocycles. The monoisotopic (exact) mass is 349 g/mol. The summed E-state index contributed by atoms with van der Waals surface area (Å²) in [6.45, 7) is 0.952. The van der Waals surface area contributed by atoms with Crippen molar-refractivity contribution in [1.82, 2.24) is 0 Å². The summed E-state index contributed by atoms with van der Waals surface area (Å²) in [5.41, 5.74) is 5.33. The zero-order valence-electron chi connectivity index (χ0n) is 12.6. The molecule has 1 amide bonds. The number of primary amides is 1. The number of benzene rings is 2. The summed E-state index contributed by atoms with van der Waals surface area (Å²) in [5.74, 6) is 0.164. The summed E-state index contributed by atoms with van der Waals surface area (Å²) in [6.07, 6.45) is 0.715. The van der Waals surface area contributed by atoms with Crippen LogP contribution in [0.1, 0.15) is 16.8 Å². The summed E-state index contributed by atoms with van der Waals surface area (Å²) in [4.78, 5) is 11.1. The van der Waals surface area contributed by atoms with Gasteiger partial charge in [-0.1, -0.05) is 6.07 Å². The number of nitrogens with two attached hydrogens (primary N) is 1. The molecular formula is C16H15NO6S. The Kier molecular flexibility index (Phi) is 4.30. The molecule has 126 valence electrons. The number of fused-ring (bicyclic) bond motifs is 1. The highest BCUT2D eigenvalue weighted by Crippen LogP contribution is 2.32. The van der Waals surface area contributed by atoms with Gasteiger partial charge >= 0.3 is 10.1 Å². The Morgan fingerprint density at radius 2 is 1.79 bits per heavy atom. The maximum atomic E-state index is 12.4. The Hall–Kier alpha value is -2.74. The molecule has 24 heavy (non-hydrogen) atoms. The highest BCUT2D eigenvalue weighted by atomic mass is 32.2. The van der Waals surface area contributed by atoms with Crippen molar-refractivity contribution in [2.24, 2.45) is 5.73 Å². The smallest absolute Gasteiger partial charge is 0.339 e. The molecule has 1 aliphatic heterocycles. The van der Waals surface area contributed by atoms with Gasteiger partial charge in [0.1, 0.15) is 10.6 Å². The molecule has 0 unspecified atom stereocenters. The predicted octanol–water partition coefficient (Wildman–Crippen LogP) is 1.71. The minimum Gasteiger partial charge on any atom is -0.490 e. The third-order valence-electron chi connectivity index (χ3n) is 3.33. The fourth-order valence-electron chi connectivity index (χ4n) is 2.18. The van der Waals surface area contributed by atoms with E-state index in [1.807, 2.05) is 0 Å². The molecule has 3 rings (SSSR count). The fourth-order valence-corrected chi connectivity index (χ4v) is 3.11. The molecular weight excluding hydrogens is 334 g/mol. The minimum atomic E-state index is -4.09. The van der Waals surface area contributed by atoms with Crippen LogP contribution in [0.25, 0.3) is 0 Å². The second kappa shape index (κ2) is 6.40. The first-order valence-electron chi connectivity index (χ1n) is 7.20. The molecule has 2 aromatic carbocycles. The van der Waals surface area contributed by atoms with Gasteiger partial charge in [-0.15, -0.1) is 0 Å². The van der Waals surface area contributed by atoms with Crippen LogP contribution < -0.4 is 19.4 Å². The van der Waals surface area contributed by atoms with E-state index in [1.54, 1.807) is 0 Å². The molecule has 0 saturated heterocycles. The summed E-state index contributed by atoms with van der Waals surface area (Å²) < 4.78 is 40.9. The van der Waals surface area contributed by atoms with Gasteiger partial charge in [0.05, 0.1) is 13.2 Å². The van der Waals surface area contributed by atoms with Crippen molar-refractivity contribution in [3.05, 3.63) is 48.0 Å². The van der Waals surface area contributed by atoms with Gasteiger partial charge in [0, 0.05) is 18.1 Å². The van der Waals surface area contributed by atoms with E-state index >= 15 is 0 Å². The molecule has 0 saturated carbocycles. The Bertz CT molecular complexity index is 878. The van der Waals surface area contributed by atoms with Crippen LogP contribution in [0, 0.1) is 0 Å². The molecule has 0 fully saturated rings. The Morgan fingerprint density at radius 1 is 1.04 bits per heavy atom. The zero-order chi connectivity index (χ0) is 17.2. The molecule has 8 heteroatoms. The number of carbonyl (C=O) groups excluding carboxylic acids is 1. The van der Waals surface area contributed by atoms with Gasteiger partial charge in [-0.3, -0.25) is 4.79 Å². The summed E-state index contributed by atoms with van der Waals surface area (Å²) in [7, 11) is -4.09. The Labute approximate surface area is 139 Å². The predicted molar refractivity (Wildman–Crippen MR) is 84.8 cm³/mol.